The van der Waals surface area contributed by atoms with E-state index < -0.39 is 0 Å². The zero-order valence-electron chi connectivity index (χ0n) is 17.2. The van der Waals surface area contributed by atoms with E-state index in [-0.39, 0.29) is 5.78 Å². The van der Waals surface area contributed by atoms with Gasteiger partial charge in [0.05, 0.1) is 11.2 Å². The molecule has 1 aromatic rings. The Hall–Kier alpha value is -1.55. The van der Waals surface area contributed by atoms with Crippen LogP contribution in [0.15, 0.2) is 29.3 Å². The van der Waals surface area contributed by atoms with Crippen LogP contribution in [0.2, 0.25) is 0 Å². The van der Waals surface area contributed by atoms with E-state index in [2.05, 4.69) is 30.0 Å². The maximum Gasteiger partial charge on any atom is 0.165 e. The highest BCUT2D eigenvalue weighted by Gasteiger charge is 2.49. The van der Waals surface area contributed by atoms with Crippen LogP contribution in [0, 0.1) is 0 Å². The Balaban J connectivity index is 1.66. The summed E-state index contributed by atoms with van der Waals surface area (Å²) in [5.41, 5.74) is 3.81. The highest BCUT2D eigenvalue weighted by molar-refractivity contribution is 8.14. The van der Waals surface area contributed by atoms with E-state index in [1.54, 1.807) is 13.0 Å². The Morgan fingerprint density at radius 1 is 1.25 bits per heavy atom. The van der Waals surface area contributed by atoms with Crippen LogP contribution in [0.1, 0.15) is 76.3 Å². The highest BCUT2D eigenvalue weighted by Crippen LogP contribution is 2.48. The van der Waals surface area contributed by atoms with Crippen LogP contribution in [-0.4, -0.2) is 33.2 Å². The van der Waals surface area contributed by atoms with Crippen molar-refractivity contribution in [2.24, 2.45) is 4.99 Å². The van der Waals surface area contributed by atoms with Gasteiger partial charge >= 0.3 is 0 Å². The predicted octanol–water partition coefficient (Wildman–Crippen LogP) is 6.14. The molecule has 1 saturated heterocycles. The number of nitrogens with zero attached hydrogens (tertiary/aromatic N) is 2. The molecule has 0 radical (unpaired) electrons. The first-order chi connectivity index (χ1) is 13.6. The van der Waals surface area contributed by atoms with E-state index in [1.165, 1.54) is 67.9 Å². The number of thioether (sulfide) groups is 1. The van der Waals surface area contributed by atoms with Gasteiger partial charge in [-0.1, -0.05) is 56.5 Å². The summed E-state index contributed by atoms with van der Waals surface area (Å²) < 4.78 is 0. The molecule has 4 heteroatoms. The quantitative estimate of drug-likeness (QED) is 0.560. The van der Waals surface area contributed by atoms with E-state index in [4.69, 9.17) is 4.99 Å². The van der Waals surface area contributed by atoms with Gasteiger partial charge < -0.3 is 4.90 Å². The van der Waals surface area contributed by atoms with Crippen molar-refractivity contribution in [2.45, 2.75) is 83.2 Å². The number of aliphatic imine (C=N–C) groups is 1. The average molecular weight is 397 g/mol. The standard InChI is InChI=1S/C24H32N2OS/c1-3-20-16-19(11-10-18(2)27)12-13-22(20)25-23-26(21-8-4-5-9-21)24(17-28-23)14-6-7-15-24/h10-13,16,21H,3-9,14-15,17H2,1-2H3. The molecule has 1 aliphatic heterocycles. The first-order valence-electron chi connectivity index (χ1n) is 10.9. The van der Waals surface area contributed by atoms with E-state index in [0.29, 0.717) is 11.6 Å². The Labute approximate surface area is 173 Å². The lowest BCUT2D eigenvalue weighted by Gasteiger charge is -2.40. The number of ketones is 1. The number of hydrogen-bond donors (Lipinski definition) is 0. The number of hydrogen-bond acceptors (Lipinski definition) is 3. The summed E-state index contributed by atoms with van der Waals surface area (Å²) in [6.07, 6.45) is 15.3. The fourth-order valence-electron chi connectivity index (χ4n) is 5.17. The molecular formula is C24H32N2OS. The van der Waals surface area contributed by atoms with Gasteiger partial charge in [0.15, 0.2) is 11.0 Å². The van der Waals surface area contributed by atoms with Crippen LogP contribution in [0.3, 0.4) is 0 Å². The lowest BCUT2D eigenvalue weighted by Crippen LogP contribution is -2.50. The largest absolute Gasteiger partial charge is 0.342 e. The van der Waals surface area contributed by atoms with Crippen molar-refractivity contribution in [3.05, 3.63) is 35.4 Å². The minimum Gasteiger partial charge on any atom is -0.342 e. The molecular weight excluding hydrogens is 364 g/mol. The van der Waals surface area contributed by atoms with Crippen LogP contribution in [-0.2, 0) is 11.2 Å². The maximum absolute atomic E-state index is 11.2. The zero-order chi connectivity index (χ0) is 19.6. The summed E-state index contributed by atoms with van der Waals surface area (Å²) in [5, 5.41) is 1.26. The summed E-state index contributed by atoms with van der Waals surface area (Å²) in [5.74, 6) is 1.29. The number of carbonyl (C=O) groups excluding carboxylic acids is 1. The van der Waals surface area contributed by atoms with Gasteiger partial charge in [-0.2, -0.15) is 0 Å². The molecule has 3 fully saturated rings. The van der Waals surface area contributed by atoms with Crippen molar-refractivity contribution >= 4 is 34.5 Å². The summed E-state index contributed by atoms with van der Waals surface area (Å²) in [6, 6.07) is 7.10. The van der Waals surface area contributed by atoms with Crippen molar-refractivity contribution in [3.8, 4) is 0 Å². The number of rotatable bonds is 5. The lowest BCUT2D eigenvalue weighted by molar-refractivity contribution is -0.112. The van der Waals surface area contributed by atoms with Gasteiger partial charge in [0.2, 0.25) is 0 Å². The molecule has 1 aromatic carbocycles. The second kappa shape index (κ2) is 8.44. The maximum atomic E-state index is 11.2. The lowest BCUT2D eigenvalue weighted by atomic mass is 9.95. The molecule has 4 rings (SSSR count). The van der Waals surface area contributed by atoms with E-state index in [9.17, 15) is 4.79 Å². The number of allylic oxidation sites excluding steroid dienone is 1. The van der Waals surface area contributed by atoms with Gasteiger partial charge in [-0.15, -0.1) is 0 Å². The van der Waals surface area contributed by atoms with Crippen LogP contribution in [0.5, 0.6) is 0 Å². The fourth-order valence-corrected chi connectivity index (χ4v) is 6.64. The molecule has 2 aliphatic carbocycles. The minimum atomic E-state index is 0.0822. The summed E-state index contributed by atoms with van der Waals surface area (Å²) in [7, 11) is 0. The fraction of sp³-hybridized carbons (Fsp3) is 0.583. The molecule has 1 heterocycles. The molecule has 0 N–H and O–H groups in total. The molecule has 3 aliphatic rings. The third-order valence-electron chi connectivity index (χ3n) is 6.62. The predicted molar refractivity (Wildman–Crippen MR) is 120 cm³/mol. The van der Waals surface area contributed by atoms with E-state index >= 15 is 0 Å². The van der Waals surface area contributed by atoms with Crippen LogP contribution in [0.25, 0.3) is 6.08 Å². The van der Waals surface area contributed by atoms with Crippen molar-refractivity contribution in [3.63, 3.8) is 0 Å². The van der Waals surface area contributed by atoms with Gasteiger partial charge in [-0.3, -0.25) is 4.79 Å². The molecule has 0 atom stereocenters. The number of benzene rings is 1. The molecule has 0 unspecified atom stereocenters. The molecule has 2 saturated carbocycles. The first kappa shape index (κ1) is 19.8. The van der Waals surface area contributed by atoms with Crippen molar-refractivity contribution < 1.29 is 4.79 Å². The average Bonchev–Trinajstić information content (AvgIpc) is 3.44. The summed E-state index contributed by atoms with van der Waals surface area (Å²) in [4.78, 5) is 19.2. The Morgan fingerprint density at radius 3 is 2.68 bits per heavy atom. The molecule has 1 spiro atoms. The smallest absolute Gasteiger partial charge is 0.165 e. The second-order valence-electron chi connectivity index (χ2n) is 8.61. The van der Waals surface area contributed by atoms with Crippen molar-refractivity contribution in [2.75, 3.05) is 5.75 Å². The molecule has 150 valence electrons. The molecule has 0 bridgehead atoms. The summed E-state index contributed by atoms with van der Waals surface area (Å²) in [6.45, 7) is 3.78. The Morgan fingerprint density at radius 2 is 2.00 bits per heavy atom. The minimum absolute atomic E-state index is 0.0822. The molecule has 3 nitrogen and oxygen atoms in total. The monoisotopic (exact) mass is 396 g/mol. The second-order valence-corrected chi connectivity index (χ2v) is 9.55. The third-order valence-corrected chi connectivity index (χ3v) is 7.85. The number of aryl methyl sites for hydroxylation is 1. The Bertz CT molecular complexity index is 786. The van der Waals surface area contributed by atoms with E-state index in [1.807, 2.05) is 17.8 Å². The third kappa shape index (κ3) is 3.94. The van der Waals surface area contributed by atoms with Gasteiger partial charge in [0.25, 0.3) is 0 Å². The molecule has 28 heavy (non-hydrogen) atoms. The topological polar surface area (TPSA) is 32.7 Å². The van der Waals surface area contributed by atoms with Crippen molar-refractivity contribution in [1.82, 2.24) is 4.90 Å². The zero-order valence-corrected chi connectivity index (χ0v) is 18.1. The highest BCUT2D eigenvalue weighted by atomic mass is 32.2. The van der Waals surface area contributed by atoms with Crippen LogP contribution >= 0.6 is 11.8 Å². The SMILES string of the molecule is CCc1cc(C=CC(C)=O)ccc1N=C1SCC2(CCCC2)N1C1CCCC1. The normalized spacial score (nSPS) is 23.6. The Kier molecular flexibility index (Phi) is 5.96. The van der Waals surface area contributed by atoms with Gasteiger partial charge in [0.1, 0.15) is 0 Å². The van der Waals surface area contributed by atoms with Gasteiger partial charge in [0, 0.05) is 11.8 Å². The number of amidine groups is 1. The van der Waals surface area contributed by atoms with Crippen LogP contribution < -0.4 is 0 Å². The van der Waals surface area contributed by atoms with Gasteiger partial charge in [-0.25, -0.2) is 4.99 Å². The number of carbonyl (C=O) groups is 1. The molecule has 0 amide bonds. The first-order valence-corrected chi connectivity index (χ1v) is 11.9. The van der Waals surface area contributed by atoms with Gasteiger partial charge in [-0.05, 0) is 68.4 Å². The van der Waals surface area contributed by atoms with E-state index in [0.717, 1.165) is 17.7 Å². The molecule has 0 aromatic heterocycles. The van der Waals surface area contributed by atoms with Crippen molar-refractivity contribution in [1.29, 1.82) is 0 Å². The summed E-state index contributed by atoms with van der Waals surface area (Å²) >= 11 is 1.98. The van der Waals surface area contributed by atoms with Crippen LogP contribution in [0.4, 0.5) is 5.69 Å².